The molecule has 3 aromatic rings. The SMILES string of the molecule is COC(=O)c1c(COC(=O)c2ccc([N+](=O)[O-])cc2Cl)nc2ccccc2c1C. The van der Waals surface area contributed by atoms with Gasteiger partial charge in [0.25, 0.3) is 5.69 Å². The van der Waals surface area contributed by atoms with Crippen LogP contribution in [0.1, 0.15) is 32.0 Å². The van der Waals surface area contributed by atoms with Crippen LogP contribution < -0.4 is 0 Å². The van der Waals surface area contributed by atoms with Gasteiger partial charge in [-0.1, -0.05) is 29.8 Å². The third kappa shape index (κ3) is 4.02. The van der Waals surface area contributed by atoms with E-state index in [1.54, 1.807) is 19.1 Å². The predicted octanol–water partition coefficient (Wildman–Crippen LogP) is 4.25. The second kappa shape index (κ2) is 8.24. The van der Waals surface area contributed by atoms with Gasteiger partial charge in [-0.25, -0.2) is 14.6 Å². The predicted molar refractivity (Wildman–Crippen MR) is 105 cm³/mol. The fraction of sp³-hybridized carbons (Fsp3) is 0.150. The second-order valence-electron chi connectivity index (χ2n) is 6.06. The number of nitrogens with zero attached hydrogens (tertiary/aromatic N) is 2. The van der Waals surface area contributed by atoms with Crippen molar-refractivity contribution in [3.8, 4) is 0 Å². The third-order valence-electron chi connectivity index (χ3n) is 4.34. The van der Waals surface area contributed by atoms with Crippen molar-refractivity contribution >= 4 is 40.1 Å². The zero-order valence-corrected chi connectivity index (χ0v) is 16.2. The standard InChI is InChI=1S/C20H15ClN2O6/c1-11-13-5-3-4-6-16(13)22-17(18(11)20(25)28-2)10-29-19(24)14-8-7-12(23(26)27)9-15(14)21/h3-9H,10H2,1-2H3. The Labute approximate surface area is 170 Å². The highest BCUT2D eigenvalue weighted by atomic mass is 35.5. The van der Waals surface area contributed by atoms with Gasteiger partial charge in [0.15, 0.2) is 0 Å². The Morgan fingerprint density at radius 1 is 1.17 bits per heavy atom. The van der Waals surface area contributed by atoms with Crippen LogP contribution in [-0.4, -0.2) is 29.0 Å². The maximum atomic E-state index is 12.4. The minimum Gasteiger partial charge on any atom is -0.465 e. The Balaban J connectivity index is 1.93. The lowest BCUT2D eigenvalue weighted by Crippen LogP contribution is -2.14. The lowest BCUT2D eigenvalue weighted by Gasteiger charge is -2.13. The van der Waals surface area contributed by atoms with Crippen LogP contribution in [0.2, 0.25) is 5.02 Å². The molecule has 29 heavy (non-hydrogen) atoms. The number of carbonyl (C=O) groups is 2. The molecule has 0 radical (unpaired) electrons. The molecule has 0 fully saturated rings. The van der Waals surface area contributed by atoms with Crippen molar-refractivity contribution in [2.75, 3.05) is 7.11 Å². The monoisotopic (exact) mass is 414 g/mol. The van der Waals surface area contributed by atoms with Crippen molar-refractivity contribution in [1.29, 1.82) is 0 Å². The van der Waals surface area contributed by atoms with Gasteiger partial charge in [0.1, 0.15) is 6.61 Å². The lowest BCUT2D eigenvalue weighted by molar-refractivity contribution is -0.384. The van der Waals surface area contributed by atoms with Gasteiger partial charge >= 0.3 is 11.9 Å². The summed E-state index contributed by atoms with van der Waals surface area (Å²) in [7, 11) is 1.25. The number of aromatic nitrogens is 1. The van der Waals surface area contributed by atoms with E-state index in [0.29, 0.717) is 11.1 Å². The summed E-state index contributed by atoms with van der Waals surface area (Å²) in [5, 5.41) is 11.5. The minimum atomic E-state index is -0.798. The zero-order valence-electron chi connectivity index (χ0n) is 15.5. The normalized spacial score (nSPS) is 10.6. The van der Waals surface area contributed by atoms with E-state index in [1.807, 2.05) is 12.1 Å². The van der Waals surface area contributed by atoms with E-state index in [0.717, 1.165) is 17.5 Å². The van der Waals surface area contributed by atoms with Gasteiger partial charge < -0.3 is 9.47 Å². The first-order valence-electron chi connectivity index (χ1n) is 8.41. The van der Waals surface area contributed by atoms with E-state index in [4.69, 9.17) is 21.1 Å². The number of esters is 2. The average Bonchev–Trinajstić information content (AvgIpc) is 2.71. The number of para-hydroxylation sites is 1. The Bertz CT molecular complexity index is 1150. The molecule has 1 heterocycles. The van der Waals surface area contributed by atoms with Gasteiger partial charge in [-0.2, -0.15) is 0 Å². The summed E-state index contributed by atoms with van der Waals surface area (Å²) in [6.45, 7) is 1.46. The number of pyridine rings is 1. The molecule has 0 unspecified atom stereocenters. The Morgan fingerprint density at radius 3 is 2.55 bits per heavy atom. The van der Waals surface area contributed by atoms with E-state index < -0.39 is 16.9 Å². The molecule has 0 atom stereocenters. The van der Waals surface area contributed by atoms with Crippen LogP contribution in [-0.2, 0) is 16.1 Å². The molecular weight excluding hydrogens is 400 g/mol. The maximum absolute atomic E-state index is 12.4. The molecular formula is C20H15ClN2O6. The number of hydrogen-bond donors (Lipinski definition) is 0. The molecule has 0 aliphatic carbocycles. The van der Waals surface area contributed by atoms with E-state index in [-0.39, 0.29) is 34.1 Å². The van der Waals surface area contributed by atoms with Gasteiger partial charge in [-0.05, 0) is 24.6 Å². The molecule has 0 saturated heterocycles. The van der Waals surface area contributed by atoms with Crippen molar-refractivity contribution in [2.24, 2.45) is 0 Å². The minimum absolute atomic E-state index is 0.0330. The molecule has 0 N–H and O–H groups in total. The Morgan fingerprint density at radius 2 is 1.90 bits per heavy atom. The number of nitro benzene ring substituents is 1. The number of halogens is 1. The first-order chi connectivity index (χ1) is 13.8. The highest BCUT2D eigenvalue weighted by molar-refractivity contribution is 6.33. The maximum Gasteiger partial charge on any atom is 0.340 e. The van der Waals surface area contributed by atoms with Gasteiger partial charge in [-0.15, -0.1) is 0 Å². The van der Waals surface area contributed by atoms with Crippen molar-refractivity contribution in [3.05, 3.63) is 80.0 Å². The van der Waals surface area contributed by atoms with Gasteiger partial charge in [0.2, 0.25) is 0 Å². The van der Waals surface area contributed by atoms with Crippen molar-refractivity contribution in [2.45, 2.75) is 13.5 Å². The Hall–Kier alpha value is -3.52. The quantitative estimate of drug-likeness (QED) is 0.348. The van der Waals surface area contributed by atoms with E-state index in [2.05, 4.69) is 4.98 Å². The summed E-state index contributed by atoms with van der Waals surface area (Å²) < 4.78 is 10.1. The van der Waals surface area contributed by atoms with Crippen LogP contribution in [0.25, 0.3) is 10.9 Å². The summed E-state index contributed by atoms with van der Waals surface area (Å²) in [4.78, 5) is 39.3. The van der Waals surface area contributed by atoms with E-state index >= 15 is 0 Å². The Kier molecular flexibility index (Phi) is 5.74. The number of nitro groups is 1. The fourth-order valence-corrected chi connectivity index (χ4v) is 3.16. The first-order valence-corrected chi connectivity index (χ1v) is 8.79. The number of aryl methyl sites for hydroxylation is 1. The van der Waals surface area contributed by atoms with Crippen LogP contribution in [0.15, 0.2) is 42.5 Å². The highest BCUT2D eigenvalue weighted by Crippen LogP contribution is 2.26. The summed E-state index contributed by atoms with van der Waals surface area (Å²) in [6, 6.07) is 10.7. The molecule has 8 nitrogen and oxygen atoms in total. The summed E-state index contributed by atoms with van der Waals surface area (Å²) >= 11 is 5.96. The molecule has 0 aliphatic rings. The number of ether oxygens (including phenoxy) is 2. The molecule has 0 bridgehead atoms. The number of methoxy groups -OCH3 is 1. The van der Waals surface area contributed by atoms with Crippen molar-refractivity contribution in [1.82, 2.24) is 4.98 Å². The molecule has 3 rings (SSSR count). The van der Waals surface area contributed by atoms with Crippen LogP contribution in [0, 0.1) is 17.0 Å². The van der Waals surface area contributed by atoms with Crippen molar-refractivity contribution < 1.29 is 24.0 Å². The number of non-ortho nitro benzene ring substituents is 1. The zero-order chi connectivity index (χ0) is 21.1. The van der Waals surface area contributed by atoms with Crippen LogP contribution in [0.4, 0.5) is 5.69 Å². The highest BCUT2D eigenvalue weighted by Gasteiger charge is 2.22. The molecule has 0 amide bonds. The first kappa shape index (κ1) is 20.2. The second-order valence-corrected chi connectivity index (χ2v) is 6.47. The lowest BCUT2D eigenvalue weighted by atomic mass is 10.0. The number of rotatable bonds is 5. The fourth-order valence-electron chi connectivity index (χ4n) is 2.91. The number of hydrogen-bond acceptors (Lipinski definition) is 7. The molecule has 1 aromatic heterocycles. The number of fused-ring (bicyclic) bond motifs is 1. The van der Waals surface area contributed by atoms with E-state index in [9.17, 15) is 19.7 Å². The van der Waals surface area contributed by atoms with Crippen molar-refractivity contribution in [3.63, 3.8) is 0 Å². The molecule has 0 spiro atoms. The van der Waals surface area contributed by atoms with Crippen LogP contribution in [0.5, 0.6) is 0 Å². The summed E-state index contributed by atoms with van der Waals surface area (Å²) in [6.07, 6.45) is 0. The third-order valence-corrected chi connectivity index (χ3v) is 4.65. The summed E-state index contributed by atoms with van der Waals surface area (Å²) in [5.41, 5.74) is 1.47. The molecule has 0 aliphatic heterocycles. The molecule has 148 valence electrons. The number of benzene rings is 2. The smallest absolute Gasteiger partial charge is 0.340 e. The van der Waals surface area contributed by atoms with Gasteiger partial charge in [0.05, 0.1) is 39.4 Å². The largest absolute Gasteiger partial charge is 0.465 e. The molecule has 9 heteroatoms. The molecule has 2 aromatic carbocycles. The van der Waals surface area contributed by atoms with Crippen LogP contribution >= 0.6 is 11.6 Å². The average molecular weight is 415 g/mol. The van der Waals surface area contributed by atoms with E-state index in [1.165, 1.54) is 13.2 Å². The molecule has 0 saturated carbocycles. The number of carbonyl (C=O) groups excluding carboxylic acids is 2. The van der Waals surface area contributed by atoms with Crippen LogP contribution in [0.3, 0.4) is 0 Å². The summed E-state index contributed by atoms with van der Waals surface area (Å²) in [5.74, 6) is -1.39. The van der Waals surface area contributed by atoms with Gasteiger partial charge in [-0.3, -0.25) is 10.1 Å². The van der Waals surface area contributed by atoms with Gasteiger partial charge in [0, 0.05) is 17.5 Å². The topological polar surface area (TPSA) is 109 Å².